The number of nitrogens with two attached hydrogens (primary N) is 2. The van der Waals surface area contributed by atoms with Gasteiger partial charge in [-0.1, -0.05) is 60.7 Å². The summed E-state index contributed by atoms with van der Waals surface area (Å²) in [6.45, 7) is 0. The van der Waals surface area contributed by atoms with Gasteiger partial charge >= 0.3 is 0 Å². The van der Waals surface area contributed by atoms with E-state index < -0.39 is 0 Å². The van der Waals surface area contributed by atoms with Crippen molar-refractivity contribution in [1.29, 1.82) is 0 Å². The second kappa shape index (κ2) is 6.34. The molecule has 0 radical (unpaired) electrons. The van der Waals surface area contributed by atoms with Crippen molar-refractivity contribution < 1.29 is 0 Å². The van der Waals surface area contributed by atoms with Crippen molar-refractivity contribution >= 4 is 0 Å². The molecule has 0 aliphatic carbocycles. The molecule has 2 rings (SSSR count). The van der Waals surface area contributed by atoms with Crippen LogP contribution < -0.4 is 11.5 Å². The molecule has 4 N–H and O–H groups in total. The summed E-state index contributed by atoms with van der Waals surface area (Å²) < 4.78 is 0. The Labute approximate surface area is 109 Å². The molecule has 2 atom stereocenters. The topological polar surface area (TPSA) is 52.0 Å². The Hall–Kier alpha value is -1.64. The van der Waals surface area contributed by atoms with Crippen molar-refractivity contribution in [2.24, 2.45) is 11.5 Å². The Bertz CT molecular complexity index is 408. The minimum Gasteiger partial charge on any atom is -0.324 e. The van der Waals surface area contributed by atoms with Crippen LogP contribution in [0.3, 0.4) is 0 Å². The van der Waals surface area contributed by atoms with Crippen LogP contribution >= 0.6 is 0 Å². The van der Waals surface area contributed by atoms with Gasteiger partial charge in [-0.15, -0.1) is 0 Å². The first-order chi connectivity index (χ1) is 8.77. The van der Waals surface area contributed by atoms with E-state index in [1.165, 1.54) is 11.1 Å². The molecule has 2 heteroatoms. The normalized spacial score (nSPS) is 14.1. The lowest BCUT2D eigenvalue weighted by molar-refractivity contribution is 0.546. The third-order valence-corrected chi connectivity index (χ3v) is 3.24. The van der Waals surface area contributed by atoms with Crippen LogP contribution in [0.5, 0.6) is 0 Å². The van der Waals surface area contributed by atoms with Crippen LogP contribution in [0.2, 0.25) is 0 Å². The highest BCUT2D eigenvalue weighted by atomic mass is 14.7. The monoisotopic (exact) mass is 240 g/mol. The summed E-state index contributed by atoms with van der Waals surface area (Å²) in [6, 6.07) is 20.5. The molecule has 0 aliphatic heterocycles. The molecule has 2 nitrogen and oxygen atoms in total. The average Bonchev–Trinajstić information content (AvgIpc) is 2.46. The SMILES string of the molecule is N[C@H](CC[C@H](N)c1ccccc1)c1ccccc1. The van der Waals surface area contributed by atoms with Crippen molar-refractivity contribution in [3.8, 4) is 0 Å². The molecule has 0 saturated carbocycles. The largest absolute Gasteiger partial charge is 0.324 e. The van der Waals surface area contributed by atoms with Crippen LogP contribution in [-0.4, -0.2) is 0 Å². The maximum absolute atomic E-state index is 6.17. The van der Waals surface area contributed by atoms with Gasteiger partial charge in [-0.2, -0.15) is 0 Å². The van der Waals surface area contributed by atoms with E-state index in [9.17, 15) is 0 Å². The van der Waals surface area contributed by atoms with Gasteiger partial charge in [-0.05, 0) is 24.0 Å². The lowest BCUT2D eigenvalue weighted by Crippen LogP contribution is -2.15. The summed E-state index contributed by atoms with van der Waals surface area (Å²) in [4.78, 5) is 0. The van der Waals surface area contributed by atoms with E-state index in [4.69, 9.17) is 11.5 Å². The molecular formula is C16H20N2. The molecule has 0 aromatic heterocycles. The number of hydrogen-bond donors (Lipinski definition) is 2. The third-order valence-electron chi connectivity index (χ3n) is 3.24. The van der Waals surface area contributed by atoms with Crippen LogP contribution in [0.4, 0.5) is 0 Å². The lowest BCUT2D eigenvalue weighted by atomic mass is 9.97. The van der Waals surface area contributed by atoms with E-state index >= 15 is 0 Å². The Morgan fingerprint density at radius 1 is 0.611 bits per heavy atom. The highest BCUT2D eigenvalue weighted by Crippen LogP contribution is 2.21. The molecule has 0 aliphatic rings. The minimum atomic E-state index is 0.0703. The molecule has 0 saturated heterocycles. The van der Waals surface area contributed by atoms with E-state index in [1.54, 1.807) is 0 Å². The van der Waals surface area contributed by atoms with Crippen LogP contribution in [-0.2, 0) is 0 Å². The molecule has 0 bridgehead atoms. The zero-order chi connectivity index (χ0) is 12.8. The van der Waals surface area contributed by atoms with Crippen LogP contribution in [0.1, 0.15) is 36.1 Å². The molecule has 94 valence electrons. The third kappa shape index (κ3) is 3.42. The molecule has 18 heavy (non-hydrogen) atoms. The highest BCUT2D eigenvalue weighted by Gasteiger charge is 2.10. The number of rotatable bonds is 5. The van der Waals surface area contributed by atoms with Crippen molar-refractivity contribution in [2.75, 3.05) is 0 Å². The zero-order valence-corrected chi connectivity index (χ0v) is 10.5. The summed E-state index contributed by atoms with van der Waals surface area (Å²) in [7, 11) is 0. The summed E-state index contributed by atoms with van der Waals surface area (Å²) in [6.07, 6.45) is 1.81. The summed E-state index contributed by atoms with van der Waals surface area (Å²) in [5.41, 5.74) is 14.7. The first kappa shape index (κ1) is 12.8. The standard InChI is InChI=1S/C16H20N2/c17-15(13-7-3-1-4-8-13)11-12-16(18)14-9-5-2-6-10-14/h1-10,15-16H,11-12,17-18H2/t15-,16+. The van der Waals surface area contributed by atoms with Gasteiger partial charge < -0.3 is 11.5 Å². The maximum atomic E-state index is 6.17. The highest BCUT2D eigenvalue weighted by molar-refractivity contribution is 5.20. The number of hydrogen-bond acceptors (Lipinski definition) is 2. The Balaban J connectivity index is 1.89. The van der Waals surface area contributed by atoms with Crippen LogP contribution in [0.15, 0.2) is 60.7 Å². The summed E-state index contributed by atoms with van der Waals surface area (Å²) in [5.74, 6) is 0. The minimum absolute atomic E-state index is 0.0703. The van der Waals surface area contributed by atoms with Gasteiger partial charge in [-0.25, -0.2) is 0 Å². The second-order valence-corrected chi connectivity index (χ2v) is 4.61. The van der Waals surface area contributed by atoms with Crippen LogP contribution in [0.25, 0.3) is 0 Å². The molecule has 2 aromatic rings. The Kier molecular flexibility index (Phi) is 4.51. The van der Waals surface area contributed by atoms with Crippen molar-refractivity contribution in [3.05, 3.63) is 71.8 Å². The van der Waals surface area contributed by atoms with E-state index in [2.05, 4.69) is 24.3 Å². The Morgan fingerprint density at radius 2 is 0.944 bits per heavy atom. The van der Waals surface area contributed by atoms with Crippen molar-refractivity contribution in [3.63, 3.8) is 0 Å². The smallest absolute Gasteiger partial charge is 0.0295 e. The fourth-order valence-electron chi connectivity index (χ4n) is 2.09. The molecule has 0 heterocycles. The lowest BCUT2D eigenvalue weighted by Gasteiger charge is -2.16. The fraction of sp³-hybridized carbons (Fsp3) is 0.250. The average molecular weight is 240 g/mol. The van der Waals surface area contributed by atoms with Crippen molar-refractivity contribution in [2.45, 2.75) is 24.9 Å². The second-order valence-electron chi connectivity index (χ2n) is 4.61. The quantitative estimate of drug-likeness (QED) is 0.843. The Morgan fingerprint density at radius 3 is 1.28 bits per heavy atom. The molecule has 0 spiro atoms. The molecule has 0 amide bonds. The maximum Gasteiger partial charge on any atom is 0.0295 e. The first-order valence-corrected chi connectivity index (χ1v) is 6.38. The van der Waals surface area contributed by atoms with E-state index in [0.29, 0.717) is 0 Å². The van der Waals surface area contributed by atoms with E-state index in [1.807, 2.05) is 36.4 Å². The van der Waals surface area contributed by atoms with E-state index in [0.717, 1.165) is 12.8 Å². The van der Waals surface area contributed by atoms with Gasteiger partial charge in [0.1, 0.15) is 0 Å². The predicted octanol–water partition coefficient (Wildman–Crippen LogP) is 3.17. The molecule has 2 aromatic carbocycles. The number of benzene rings is 2. The van der Waals surface area contributed by atoms with Gasteiger partial charge in [0.25, 0.3) is 0 Å². The molecule has 0 fully saturated rings. The van der Waals surface area contributed by atoms with Gasteiger partial charge in [0.2, 0.25) is 0 Å². The van der Waals surface area contributed by atoms with Gasteiger partial charge in [0.05, 0.1) is 0 Å². The molecule has 0 unspecified atom stereocenters. The summed E-state index contributed by atoms with van der Waals surface area (Å²) in [5, 5.41) is 0. The van der Waals surface area contributed by atoms with Gasteiger partial charge in [0, 0.05) is 12.1 Å². The van der Waals surface area contributed by atoms with Crippen molar-refractivity contribution in [1.82, 2.24) is 0 Å². The van der Waals surface area contributed by atoms with Gasteiger partial charge in [0.15, 0.2) is 0 Å². The van der Waals surface area contributed by atoms with E-state index in [-0.39, 0.29) is 12.1 Å². The fourth-order valence-corrected chi connectivity index (χ4v) is 2.09. The summed E-state index contributed by atoms with van der Waals surface area (Å²) >= 11 is 0. The van der Waals surface area contributed by atoms with Gasteiger partial charge in [-0.3, -0.25) is 0 Å². The zero-order valence-electron chi connectivity index (χ0n) is 10.5. The predicted molar refractivity (Wildman–Crippen MR) is 76.0 cm³/mol. The van der Waals surface area contributed by atoms with Crippen LogP contribution in [0, 0.1) is 0 Å². The molecular weight excluding hydrogens is 220 g/mol. The first-order valence-electron chi connectivity index (χ1n) is 6.38.